The highest BCUT2D eigenvalue weighted by atomic mass is 16.6. The van der Waals surface area contributed by atoms with Crippen LogP contribution >= 0.6 is 0 Å². The van der Waals surface area contributed by atoms with Crippen molar-refractivity contribution in [2.24, 2.45) is 5.92 Å². The maximum atomic E-state index is 11.3. The lowest BCUT2D eigenvalue weighted by Crippen LogP contribution is -2.38. The van der Waals surface area contributed by atoms with E-state index < -0.39 is 18.0 Å². The lowest BCUT2D eigenvalue weighted by atomic mass is 10.0. The topological polar surface area (TPSA) is 68.6 Å². The monoisotopic (exact) mass is 199 g/mol. The molecule has 0 aromatic carbocycles. The van der Waals surface area contributed by atoms with Crippen molar-refractivity contribution in [1.29, 1.82) is 5.26 Å². The first-order valence-corrected chi connectivity index (χ1v) is 4.55. The van der Waals surface area contributed by atoms with Gasteiger partial charge in [-0.2, -0.15) is 5.26 Å². The summed E-state index contributed by atoms with van der Waals surface area (Å²) in [4.78, 5) is 11.3. The Morgan fingerprint density at radius 1 is 1.71 bits per heavy atom. The molecule has 14 heavy (non-hydrogen) atoms. The van der Waals surface area contributed by atoms with E-state index in [9.17, 15) is 4.79 Å². The number of rotatable bonds is 3. The molecule has 1 heterocycles. The molecule has 1 saturated heterocycles. The lowest BCUT2D eigenvalue weighted by molar-refractivity contribution is -0.158. The number of nitrogens with zero attached hydrogens (tertiary/aromatic N) is 1. The summed E-state index contributed by atoms with van der Waals surface area (Å²) in [5.74, 6) is -1.42. The van der Waals surface area contributed by atoms with E-state index in [0.29, 0.717) is 13.2 Å². The summed E-state index contributed by atoms with van der Waals surface area (Å²) in [5, 5.41) is 8.79. The minimum atomic E-state index is -0.879. The molecule has 0 aliphatic carbocycles. The molecule has 78 valence electrons. The van der Waals surface area contributed by atoms with Crippen LogP contribution in [0.15, 0.2) is 0 Å². The van der Waals surface area contributed by atoms with Gasteiger partial charge in [-0.15, -0.1) is 0 Å². The maximum Gasteiger partial charge on any atom is 0.326 e. The van der Waals surface area contributed by atoms with Gasteiger partial charge in [0, 0.05) is 0 Å². The molecule has 5 heteroatoms. The molecule has 0 N–H and O–H groups in total. The van der Waals surface area contributed by atoms with Crippen LogP contribution < -0.4 is 0 Å². The second-order valence-corrected chi connectivity index (χ2v) is 2.84. The zero-order valence-electron chi connectivity index (χ0n) is 8.06. The fourth-order valence-electron chi connectivity index (χ4n) is 1.22. The largest absolute Gasteiger partial charge is 0.465 e. The molecule has 1 aliphatic rings. The van der Waals surface area contributed by atoms with Crippen LogP contribution in [-0.4, -0.2) is 38.5 Å². The Morgan fingerprint density at radius 2 is 2.50 bits per heavy atom. The molecule has 0 radical (unpaired) electrons. The van der Waals surface area contributed by atoms with Gasteiger partial charge in [0.2, 0.25) is 0 Å². The number of nitriles is 1. The van der Waals surface area contributed by atoms with Crippen LogP contribution in [0.3, 0.4) is 0 Å². The SMILES string of the molecule is CCOC(=O)C(C#N)C1COCCO1. The molecule has 1 rings (SSSR count). The van der Waals surface area contributed by atoms with E-state index in [2.05, 4.69) is 0 Å². The van der Waals surface area contributed by atoms with Crippen LogP contribution in [0.1, 0.15) is 6.92 Å². The van der Waals surface area contributed by atoms with Gasteiger partial charge < -0.3 is 14.2 Å². The zero-order valence-corrected chi connectivity index (χ0v) is 8.06. The highest BCUT2D eigenvalue weighted by Gasteiger charge is 2.32. The summed E-state index contributed by atoms with van der Waals surface area (Å²) in [5.41, 5.74) is 0. The van der Waals surface area contributed by atoms with Crippen molar-refractivity contribution in [1.82, 2.24) is 0 Å². The fourth-order valence-corrected chi connectivity index (χ4v) is 1.22. The minimum absolute atomic E-state index is 0.268. The number of carbonyl (C=O) groups excluding carboxylic acids is 1. The summed E-state index contributed by atoms with van der Waals surface area (Å²) in [6.07, 6.45) is -0.493. The third kappa shape index (κ3) is 2.69. The average Bonchev–Trinajstić information content (AvgIpc) is 2.21. The zero-order chi connectivity index (χ0) is 10.4. The van der Waals surface area contributed by atoms with E-state index in [0.717, 1.165) is 0 Å². The Labute approximate surface area is 82.5 Å². The van der Waals surface area contributed by atoms with Gasteiger partial charge in [-0.05, 0) is 6.92 Å². The van der Waals surface area contributed by atoms with Crippen molar-refractivity contribution >= 4 is 5.97 Å². The predicted octanol–water partition coefficient (Wildman–Crippen LogP) is 0.105. The molecule has 2 unspecified atom stereocenters. The van der Waals surface area contributed by atoms with Crippen molar-refractivity contribution in [3.8, 4) is 6.07 Å². The predicted molar refractivity (Wildman–Crippen MR) is 46.3 cm³/mol. The van der Waals surface area contributed by atoms with E-state index in [1.165, 1.54) is 0 Å². The normalized spacial score (nSPS) is 23.6. The van der Waals surface area contributed by atoms with Crippen molar-refractivity contribution < 1.29 is 19.0 Å². The third-order valence-corrected chi connectivity index (χ3v) is 1.89. The molecule has 0 aromatic heterocycles. The molecule has 1 aliphatic heterocycles. The molecule has 0 spiro atoms. The van der Waals surface area contributed by atoms with Gasteiger partial charge in [0.05, 0.1) is 32.5 Å². The van der Waals surface area contributed by atoms with Gasteiger partial charge in [-0.1, -0.05) is 0 Å². The summed E-state index contributed by atoms with van der Waals surface area (Å²) in [6.45, 7) is 3.17. The molecular formula is C9H13NO4. The van der Waals surface area contributed by atoms with Crippen LogP contribution in [0.25, 0.3) is 0 Å². The molecule has 0 amide bonds. The van der Waals surface area contributed by atoms with Crippen molar-refractivity contribution in [2.75, 3.05) is 26.4 Å². The van der Waals surface area contributed by atoms with Crippen molar-refractivity contribution in [3.05, 3.63) is 0 Å². The van der Waals surface area contributed by atoms with E-state index in [4.69, 9.17) is 19.5 Å². The summed E-state index contributed by atoms with van der Waals surface area (Å²) in [7, 11) is 0. The molecule has 1 fully saturated rings. The number of esters is 1. The van der Waals surface area contributed by atoms with Gasteiger partial charge in [0.15, 0.2) is 5.92 Å². The van der Waals surface area contributed by atoms with Gasteiger partial charge in [0.1, 0.15) is 6.10 Å². The van der Waals surface area contributed by atoms with E-state index in [1.54, 1.807) is 6.92 Å². The first-order valence-electron chi connectivity index (χ1n) is 4.55. The molecular weight excluding hydrogens is 186 g/mol. The van der Waals surface area contributed by atoms with Crippen molar-refractivity contribution in [2.45, 2.75) is 13.0 Å². The molecule has 2 atom stereocenters. The third-order valence-electron chi connectivity index (χ3n) is 1.89. The Morgan fingerprint density at radius 3 is 3.00 bits per heavy atom. The summed E-state index contributed by atoms with van der Waals surface area (Å²) in [6, 6.07) is 1.88. The number of carbonyl (C=O) groups is 1. The van der Waals surface area contributed by atoms with Crippen LogP contribution in [0, 0.1) is 17.2 Å². The van der Waals surface area contributed by atoms with Crippen molar-refractivity contribution in [3.63, 3.8) is 0 Å². The second-order valence-electron chi connectivity index (χ2n) is 2.84. The van der Waals surface area contributed by atoms with Gasteiger partial charge in [-0.25, -0.2) is 0 Å². The summed E-state index contributed by atoms with van der Waals surface area (Å²) >= 11 is 0. The van der Waals surface area contributed by atoms with Crippen LogP contribution in [0.2, 0.25) is 0 Å². The van der Waals surface area contributed by atoms with Gasteiger partial charge in [-0.3, -0.25) is 4.79 Å². The highest BCUT2D eigenvalue weighted by molar-refractivity contribution is 5.76. The maximum absolute atomic E-state index is 11.3. The average molecular weight is 199 g/mol. The molecule has 0 bridgehead atoms. The molecule has 0 saturated carbocycles. The highest BCUT2D eigenvalue weighted by Crippen LogP contribution is 2.13. The Hall–Kier alpha value is -1.12. The first-order chi connectivity index (χ1) is 6.79. The Balaban J connectivity index is 2.52. The smallest absolute Gasteiger partial charge is 0.326 e. The van der Waals surface area contributed by atoms with Gasteiger partial charge >= 0.3 is 5.97 Å². The quantitative estimate of drug-likeness (QED) is 0.603. The van der Waals surface area contributed by atoms with E-state index in [-0.39, 0.29) is 13.2 Å². The van der Waals surface area contributed by atoms with Crippen LogP contribution in [-0.2, 0) is 19.0 Å². The minimum Gasteiger partial charge on any atom is -0.465 e. The Kier molecular flexibility index (Phi) is 4.36. The standard InChI is InChI=1S/C9H13NO4/c1-2-13-9(11)7(5-10)8-6-12-3-4-14-8/h7-8H,2-4,6H2,1H3. The number of hydrogen-bond donors (Lipinski definition) is 0. The Bertz CT molecular complexity index is 229. The lowest BCUT2D eigenvalue weighted by Gasteiger charge is -2.25. The first kappa shape index (κ1) is 11.0. The van der Waals surface area contributed by atoms with Gasteiger partial charge in [0.25, 0.3) is 0 Å². The molecule has 0 aromatic rings. The number of hydrogen-bond acceptors (Lipinski definition) is 5. The van der Waals surface area contributed by atoms with E-state index in [1.807, 2.05) is 6.07 Å². The van der Waals surface area contributed by atoms with E-state index >= 15 is 0 Å². The number of ether oxygens (including phenoxy) is 3. The molecule has 5 nitrogen and oxygen atoms in total. The van der Waals surface area contributed by atoms with Crippen LogP contribution in [0.5, 0.6) is 0 Å². The fraction of sp³-hybridized carbons (Fsp3) is 0.778. The second kappa shape index (κ2) is 5.58. The summed E-state index contributed by atoms with van der Waals surface area (Å²) < 4.78 is 15.1. The van der Waals surface area contributed by atoms with Crippen LogP contribution in [0.4, 0.5) is 0 Å².